The van der Waals surface area contributed by atoms with E-state index in [2.05, 4.69) is 5.32 Å². The van der Waals surface area contributed by atoms with Gasteiger partial charge in [-0.1, -0.05) is 0 Å². The van der Waals surface area contributed by atoms with Crippen molar-refractivity contribution >= 4 is 0 Å². The van der Waals surface area contributed by atoms with Crippen LogP contribution in [0.15, 0.2) is 0 Å². The Labute approximate surface area is 213 Å². The molecule has 15 unspecified atom stereocenters. The van der Waals surface area contributed by atoms with Gasteiger partial charge in [0.15, 0.2) is 18.9 Å². The van der Waals surface area contributed by atoms with Crippen molar-refractivity contribution in [2.75, 3.05) is 13.7 Å². The Morgan fingerprint density at radius 1 is 0.730 bits per heavy atom. The molecule has 37 heavy (non-hydrogen) atoms. The molecule has 0 spiro atoms. The van der Waals surface area contributed by atoms with Crippen LogP contribution in [0, 0.1) is 0 Å². The molecular formula is C21H41N5O11. The van der Waals surface area contributed by atoms with Crippen molar-refractivity contribution in [3.05, 3.63) is 0 Å². The summed E-state index contributed by atoms with van der Waals surface area (Å²) in [5.41, 5.74) is 24.0. The molecule has 0 radical (unpaired) electrons. The first-order valence-electron chi connectivity index (χ1n) is 12.5. The maximum atomic E-state index is 11.1. The van der Waals surface area contributed by atoms with E-state index in [1.54, 1.807) is 7.05 Å². The number of rotatable bonds is 6. The maximum Gasteiger partial charge on any atom is 0.189 e. The number of aliphatic hydroxyl groups is 6. The third kappa shape index (κ3) is 5.66. The molecule has 17 atom stereocenters. The van der Waals surface area contributed by atoms with Crippen LogP contribution < -0.4 is 28.3 Å². The number of nitrogens with one attached hydrogen (secondary N) is 1. The topological polar surface area (TPSA) is 284 Å². The minimum atomic E-state index is -1.54. The zero-order chi connectivity index (χ0) is 27.2. The fraction of sp³-hybridized carbons (Fsp3) is 1.00. The van der Waals surface area contributed by atoms with Crippen molar-refractivity contribution in [3.8, 4) is 0 Å². The highest BCUT2D eigenvalue weighted by atomic mass is 16.8. The van der Waals surface area contributed by atoms with Crippen LogP contribution in [0.5, 0.6) is 0 Å². The third-order valence-electron chi connectivity index (χ3n) is 7.74. The quantitative estimate of drug-likeness (QED) is 0.149. The second-order valence-electron chi connectivity index (χ2n) is 10.3. The average Bonchev–Trinajstić information content (AvgIpc) is 2.86. The third-order valence-corrected chi connectivity index (χ3v) is 7.74. The molecule has 0 amide bonds. The fourth-order valence-electron chi connectivity index (χ4n) is 5.46. The fourth-order valence-corrected chi connectivity index (χ4v) is 5.46. The van der Waals surface area contributed by atoms with Crippen LogP contribution in [0.25, 0.3) is 0 Å². The number of likely N-dealkylation sites (N-methyl/N-ethyl adjacent to an activating group) is 1. The first kappa shape index (κ1) is 29.3. The van der Waals surface area contributed by atoms with Gasteiger partial charge in [-0.2, -0.15) is 0 Å². The average molecular weight is 540 g/mol. The molecule has 4 fully saturated rings. The van der Waals surface area contributed by atoms with Crippen molar-refractivity contribution in [2.24, 2.45) is 22.9 Å². The maximum absolute atomic E-state index is 11.1. The monoisotopic (exact) mass is 539 g/mol. The molecule has 16 heteroatoms. The van der Waals surface area contributed by atoms with E-state index in [1.807, 2.05) is 0 Å². The first-order chi connectivity index (χ1) is 17.5. The summed E-state index contributed by atoms with van der Waals surface area (Å²) in [7, 11) is 1.55. The van der Waals surface area contributed by atoms with Gasteiger partial charge in [0.1, 0.15) is 42.7 Å². The molecule has 4 aliphatic rings. The van der Waals surface area contributed by atoms with Crippen LogP contribution in [0.3, 0.4) is 0 Å². The van der Waals surface area contributed by atoms with E-state index in [0.717, 1.165) is 0 Å². The van der Waals surface area contributed by atoms with Crippen molar-refractivity contribution < 1.29 is 54.3 Å². The number of hydrogen-bond acceptors (Lipinski definition) is 16. The van der Waals surface area contributed by atoms with Gasteiger partial charge >= 0.3 is 0 Å². The molecule has 3 saturated heterocycles. The molecular weight excluding hydrogens is 498 g/mol. The van der Waals surface area contributed by atoms with Crippen molar-refractivity contribution in [1.29, 1.82) is 0 Å². The van der Waals surface area contributed by atoms with Crippen LogP contribution in [0.4, 0.5) is 0 Å². The van der Waals surface area contributed by atoms with Gasteiger partial charge in [0, 0.05) is 12.1 Å². The van der Waals surface area contributed by atoms with E-state index < -0.39 is 111 Å². The van der Waals surface area contributed by atoms with E-state index in [4.69, 9.17) is 46.6 Å². The molecule has 216 valence electrons. The summed E-state index contributed by atoms with van der Waals surface area (Å²) in [6, 6.07) is -4.05. The smallest absolute Gasteiger partial charge is 0.189 e. The molecule has 15 N–H and O–H groups in total. The number of aliphatic hydroxyl groups excluding tert-OH is 6. The van der Waals surface area contributed by atoms with Gasteiger partial charge in [0.25, 0.3) is 0 Å². The lowest BCUT2D eigenvalue weighted by Crippen LogP contribution is -2.70. The molecule has 3 aliphatic heterocycles. The van der Waals surface area contributed by atoms with Gasteiger partial charge in [-0.05, 0) is 19.9 Å². The minimum absolute atomic E-state index is 0.156. The van der Waals surface area contributed by atoms with E-state index >= 15 is 0 Å². The second-order valence-corrected chi connectivity index (χ2v) is 10.3. The Morgan fingerprint density at radius 3 is 2.08 bits per heavy atom. The Hall–Kier alpha value is -0.640. The normalized spacial score (nSPS) is 55.1. The van der Waals surface area contributed by atoms with Crippen LogP contribution >= 0.6 is 0 Å². The summed E-state index contributed by atoms with van der Waals surface area (Å²) in [6.45, 7) is -0.508. The van der Waals surface area contributed by atoms with Crippen LogP contribution in [-0.2, 0) is 23.7 Å². The van der Waals surface area contributed by atoms with Gasteiger partial charge in [-0.25, -0.2) is 0 Å². The van der Waals surface area contributed by atoms with Gasteiger partial charge in [-0.3, -0.25) is 0 Å². The van der Waals surface area contributed by atoms with Crippen molar-refractivity contribution in [2.45, 2.75) is 117 Å². The predicted molar refractivity (Wildman–Crippen MR) is 123 cm³/mol. The van der Waals surface area contributed by atoms with Gasteiger partial charge in [0.05, 0.1) is 36.9 Å². The summed E-state index contributed by atoms with van der Waals surface area (Å²) in [5.74, 6) is 0. The Kier molecular flexibility index (Phi) is 9.40. The van der Waals surface area contributed by atoms with Crippen LogP contribution in [0.2, 0.25) is 0 Å². The van der Waals surface area contributed by atoms with E-state index in [1.165, 1.54) is 0 Å². The SMILES string of the molecule is CNC1C(OC2OC(CO)C(N)C(O)C2O)O[C@@H]2CC(N)C(OC3C(N)CC(N)C(O)C3O)O[C@@H]2C1O. The van der Waals surface area contributed by atoms with Gasteiger partial charge in [0.2, 0.25) is 0 Å². The molecule has 1 aliphatic carbocycles. The Balaban J connectivity index is 1.43. The molecule has 4 rings (SSSR count). The molecule has 0 aromatic heterocycles. The lowest BCUT2D eigenvalue weighted by Gasteiger charge is -2.51. The standard InChI is InChI=1S/C21H41N5O11/c1-26-11-14(30)18-8(33-20(11)37-21-16(32)13(29)10(25)9(4-27)34-21)3-7(24)19(36-18)35-17-6(23)2-5(22)12(28)15(17)31/h5-21,26-32H,2-4,22-25H2,1H3/t5?,6?,7?,8-,9?,10?,11?,12?,13?,14?,15?,16?,17?,18+,19?,20?,21?/m1/s1. The van der Waals surface area contributed by atoms with Gasteiger partial charge < -0.3 is 82.6 Å². The van der Waals surface area contributed by atoms with E-state index in [0.29, 0.717) is 0 Å². The number of hydrogen-bond donors (Lipinski definition) is 11. The summed E-state index contributed by atoms with van der Waals surface area (Å²) in [5, 5.41) is 64.7. The highest BCUT2D eigenvalue weighted by molar-refractivity contribution is 5.01. The van der Waals surface area contributed by atoms with Crippen LogP contribution in [-0.4, -0.2) is 148 Å². The lowest BCUT2D eigenvalue weighted by molar-refractivity contribution is -0.373. The minimum Gasteiger partial charge on any atom is -0.394 e. The first-order valence-corrected chi connectivity index (χ1v) is 12.5. The summed E-state index contributed by atoms with van der Waals surface area (Å²) in [6.07, 6.45) is -13.7. The molecule has 1 saturated carbocycles. The summed E-state index contributed by atoms with van der Waals surface area (Å²) in [4.78, 5) is 0. The highest BCUT2D eigenvalue weighted by Crippen LogP contribution is 2.35. The predicted octanol–water partition coefficient (Wildman–Crippen LogP) is -6.95. The Bertz CT molecular complexity index is 756. The van der Waals surface area contributed by atoms with E-state index in [9.17, 15) is 30.6 Å². The summed E-state index contributed by atoms with van der Waals surface area (Å²) >= 11 is 0. The zero-order valence-corrected chi connectivity index (χ0v) is 20.5. The van der Waals surface area contributed by atoms with Crippen molar-refractivity contribution in [1.82, 2.24) is 5.32 Å². The highest BCUT2D eigenvalue weighted by Gasteiger charge is 2.54. The van der Waals surface area contributed by atoms with E-state index in [-0.39, 0.29) is 12.8 Å². The molecule has 16 nitrogen and oxygen atoms in total. The zero-order valence-electron chi connectivity index (χ0n) is 20.5. The second kappa shape index (κ2) is 11.8. The molecule has 0 aromatic rings. The number of nitrogens with two attached hydrogens (primary N) is 4. The molecule has 0 aromatic carbocycles. The summed E-state index contributed by atoms with van der Waals surface area (Å²) < 4.78 is 29.2. The van der Waals surface area contributed by atoms with Crippen LogP contribution in [0.1, 0.15) is 12.8 Å². The van der Waals surface area contributed by atoms with Gasteiger partial charge in [-0.15, -0.1) is 0 Å². The largest absolute Gasteiger partial charge is 0.394 e. The lowest BCUT2D eigenvalue weighted by atomic mass is 9.84. The Morgan fingerprint density at radius 2 is 1.43 bits per heavy atom. The molecule has 0 bridgehead atoms. The number of ether oxygens (including phenoxy) is 5. The van der Waals surface area contributed by atoms with Crippen molar-refractivity contribution in [3.63, 3.8) is 0 Å². The molecule has 3 heterocycles. The number of fused-ring (bicyclic) bond motifs is 1.